The molecule has 0 aliphatic carbocycles. The summed E-state index contributed by atoms with van der Waals surface area (Å²) in [5.41, 5.74) is 2.11. The maximum Gasteiger partial charge on any atom is 0.264 e. The van der Waals surface area contributed by atoms with Gasteiger partial charge in [-0.15, -0.1) is 11.3 Å². The maximum atomic E-state index is 13.1. The summed E-state index contributed by atoms with van der Waals surface area (Å²) in [4.78, 5) is 20.1. The molecule has 1 aromatic carbocycles. The fourth-order valence-corrected chi connectivity index (χ4v) is 3.48. The van der Waals surface area contributed by atoms with Crippen LogP contribution >= 0.6 is 11.3 Å². The van der Waals surface area contributed by atoms with Crippen LogP contribution in [0.2, 0.25) is 0 Å². The quantitative estimate of drug-likeness (QED) is 0.553. The number of hydrogen-bond donors (Lipinski definition) is 0. The van der Waals surface area contributed by atoms with Gasteiger partial charge >= 0.3 is 0 Å². The summed E-state index contributed by atoms with van der Waals surface area (Å²) in [6.07, 6.45) is 0.0210. The van der Waals surface area contributed by atoms with Gasteiger partial charge < -0.3 is 14.2 Å². The van der Waals surface area contributed by atoms with Crippen molar-refractivity contribution in [2.24, 2.45) is 0 Å². The molecule has 0 fully saturated rings. The van der Waals surface area contributed by atoms with Crippen LogP contribution < -0.4 is 4.74 Å². The number of rotatable bonds is 8. The van der Waals surface area contributed by atoms with E-state index in [0.29, 0.717) is 24.7 Å². The SMILES string of the molecule is CC[C@@H](Oc1cc(C)ccc1C)C(=O)N(CC)Cc1nc(-c2cccs2)no1. The lowest BCUT2D eigenvalue weighted by atomic mass is 10.1. The van der Waals surface area contributed by atoms with Crippen molar-refractivity contribution in [3.05, 3.63) is 52.7 Å². The lowest BCUT2D eigenvalue weighted by molar-refractivity contribution is -0.139. The van der Waals surface area contributed by atoms with Crippen molar-refractivity contribution in [3.8, 4) is 16.5 Å². The predicted octanol–water partition coefficient (Wildman–Crippen LogP) is 4.62. The van der Waals surface area contributed by atoms with E-state index in [1.165, 1.54) is 0 Å². The Morgan fingerprint density at radius 1 is 1.29 bits per heavy atom. The summed E-state index contributed by atoms with van der Waals surface area (Å²) < 4.78 is 11.4. The Bertz CT molecular complexity index is 921. The van der Waals surface area contributed by atoms with E-state index in [0.717, 1.165) is 21.8 Å². The van der Waals surface area contributed by atoms with Gasteiger partial charge in [0, 0.05) is 6.54 Å². The number of thiophene rings is 1. The number of hydrogen-bond acceptors (Lipinski definition) is 6. The predicted molar refractivity (Wildman–Crippen MR) is 109 cm³/mol. The van der Waals surface area contributed by atoms with Gasteiger partial charge in [0.25, 0.3) is 5.91 Å². The highest BCUT2D eigenvalue weighted by atomic mass is 32.1. The normalized spacial score (nSPS) is 12.0. The van der Waals surface area contributed by atoms with E-state index in [2.05, 4.69) is 10.1 Å². The minimum atomic E-state index is -0.555. The number of likely N-dealkylation sites (N-methyl/N-ethyl adjacent to an activating group) is 1. The lowest BCUT2D eigenvalue weighted by Gasteiger charge is -2.25. The Morgan fingerprint density at radius 2 is 2.11 bits per heavy atom. The fourth-order valence-electron chi connectivity index (χ4n) is 2.83. The van der Waals surface area contributed by atoms with Crippen molar-refractivity contribution < 1.29 is 14.1 Å². The first-order chi connectivity index (χ1) is 13.5. The van der Waals surface area contributed by atoms with Crippen LogP contribution in [0.4, 0.5) is 0 Å². The molecule has 28 heavy (non-hydrogen) atoms. The minimum absolute atomic E-state index is 0.0817. The van der Waals surface area contributed by atoms with Gasteiger partial charge in [-0.3, -0.25) is 4.79 Å². The summed E-state index contributed by atoms with van der Waals surface area (Å²) in [5.74, 6) is 1.63. The molecule has 1 atom stereocenters. The minimum Gasteiger partial charge on any atom is -0.480 e. The van der Waals surface area contributed by atoms with Crippen molar-refractivity contribution in [3.63, 3.8) is 0 Å². The average Bonchev–Trinajstić information content (AvgIpc) is 3.37. The molecule has 3 rings (SSSR count). The van der Waals surface area contributed by atoms with Gasteiger partial charge in [0.15, 0.2) is 6.10 Å². The molecule has 0 aliphatic heterocycles. The van der Waals surface area contributed by atoms with Gasteiger partial charge in [-0.1, -0.05) is 30.3 Å². The molecule has 0 spiro atoms. The summed E-state index contributed by atoms with van der Waals surface area (Å²) in [6, 6.07) is 9.88. The van der Waals surface area contributed by atoms with E-state index in [1.807, 2.05) is 63.4 Å². The first kappa shape index (κ1) is 20.1. The van der Waals surface area contributed by atoms with Crippen LogP contribution in [0.1, 0.15) is 37.3 Å². The summed E-state index contributed by atoms with van der Waals surface area (Å²) in [5, 5.41) is 5.98. The van der Waals surface area contributed by atoms with Gasteiger partial charge in [-0.05, 0) is 55.8 Å². The second-order valence-electron chi connectivity index (χ2n) is 6.63. The topological polar surface area (TPSA) is 68.5 Å². The van der Waals surface area contributed by atoms with Gasteiger partial charge in [0.1, 0.15) is 12.3 Å². The van der Waals surface area contributed by atoms with Crippen molar-refractivity contribution in [1.29, 1.82) is 0 Å². The molecule has 0 saturated carbocycles. The number of ether oxygens (including phenoxy) is 1. The molecule has 3 aromatic rings. The van der Waals surface area contributed by atoms with E-state index in [4.69, 9.17) is 9.26 Å². The number of amides is 1. The van der Waals surface area contributed by atoms with E-state index >= 15 is 0 Å². The van der Waals surface area contributed by atoms with E-state index < -0.39 is 6.10 Å². The van der Waals surface area contributed by atoms with Gasteiger partial charge in [0.05, 0.1) is 4.88 Å². The van der Waals surface area contributed by atoms with Crippen LogP contribution in [0.15, 0.2) is 40.2 Å². The molecule has 0 unspecified atom stereocenters. The summed E-state index contributed by atoms with van der Waals surface area (Å²) >= 11 is 1.55. The first-order valence-corrected chi connectivity index (χ1v) is 10.3. The van der Waals surface area contributed by atoms with Crippen molar-refractivity contribution in [1.82, 2.24) is 15.0 Å². The average molecular weight is 400 g/mol. The molecule has 0 saturated heterocycles. The zero-order chi connectivity index (χ0) is 20.1. The Hall–Kier alpha value is -2.67. The summed E-state index contributed by atoms with van der Waals surface area (Å²) in [6.45, 7) is 8.66. The van der Waals surface area contributed by atoms with Gasteiger partial charge in [0.2, 0.25) is 11.7 Å². The van der Waals surface area contributed by atoms with Crippen LogP contribution in [0, 0.1) is 13.8 Å². The van der Waals surface area contributed by atoms with Crippen molar-refractivity contribution >= 4 is 17.2 Å². The Morgan fingerprint density at radius 3 is 2.79 bits per heavy atom. The molecule has 0 bridgehead atoms. The zero-order valence-electron chi connectivity index (χ0n) is 16.6. The molecule has 7 heteroatoms. The van der Waals surface area contributed by atoms with Crippen molar-refractivity contribution in [2.45, 2.75) is 46.8 Å². The fraction of sp³-hybridized carbons (Fsp3) is 0.381. The highest BCUT2D eigenvalue weighted by Gasteiger charge is 2.26. The smallest absolute Gasteiger partial charge is 0.264 e. The molecular weight excluding hydrogens is 374 g/mol. The van der Waals surface area contributed by atoms with E-state index in [9.17, 15) is 4.79 Å². The molecular formula is C21H25N3O3S. The van der Waals surface area contributed by atoms with Crippen LogP contribution in [-0.4, -0.2) is 33.6 Å². The molecule has 0 aliphatic rings. The molecule has 0 radical (unpaired) electrons. The Labute approximate surface area is 169 Å². The number of benzene rings is 1. The van der Waals surface area contributed by atoms with Crippen LogP contribution in [-0.2, 0) is 11.3 Å². The molecule has 1 amide bonds. The largest absolute Gasteiger partial charge is 0.480 e. The molecule has 148 valence electrons. The summed E-state index contributed by atoms with van der Waals surface area (Å²) in [7, 11) is 0. The zero-order valence-corrected chi connectivity index (χ0v) is 17.5. The Kier molecular flexibility index (Phi) is 6.46. The number of carbonyl (C=O) groups excluding carboxylic acids is 1. The third-order valence-electron chi connectivity index (χ3n) is 4.49. The number of aryl methyl sites for hydroxylation is 2. The third-order valence-corrected chi connectivity index (χ3v) is 5.35. The molecule has 2 aromatic heterocycles. The van der Waals surface area contributed by atoms with E-state index in [-0.39, 0.29) is 12.5 Å². The second kappa shape index (κ2) is 9.01. The highest BCUT2D eigenvalue weighted by molar-refractivity contribution is 7.13. The molecule has 6 nitrogen and oxygen atoms in total. The number of aromatic nitrogens is 2. The Balaban J connectivity index is 1.71. The van der Waals surface area contributed by atoms with Crippen molar-refractivity contribution in [2.75, 3.05) is 6.54 Å². The number of carbonyl (C=O) groups is 1. The monoisotopic (exact) mass is 399 g/mol. The first-order valence-electron chi connectivity index (χ1n) is 9.41. The second-order valence-corrected chi connectivity index (χ2v) is 7.57. The van der Waals surface area contributed by atoms with Crippen LogP contribution in [0.3, 0.4) is 0 Å². The lowest BCUT2D eigenvalue weighted by Crippen LogP contribution is -2.41. The standard InChI is InChI=1S/C21H25N3O3S/c1-5-16(26-17-12-14(3)9-10-15(17)4)21(25)24(6-2)13-19-22-20(23-27-19)18-8-7-11-28-18/h7-12,16H,5-6,13H2,1-4H3/t16-/m1/s1. The van der Waals surface area contributed by atoms with Crippen LogP contribution in [0.25, 0.3) is 10.7 Å². The third kappa shape index (κ3) is 4.59. The van der Waals surface area contributed by atoms with Crippen LogP contribution in [0.5, 0.6) is 5.75 Å². The van der Waals surface area contributed by atoms with Gasteiger partial charge in [-0.2, -0.15) is 4.98 Å². The van der Waals surface area contributed by atoms with Gasteiger partial charge in [-0.25, -0.2) is 0 Å². The number of nitrogens with zero attached hydrogens (tertiary/aromatic N) is 3. The highest BCUT2D eigenvalue weighted by Crippen LogP contribution is 2.23. The molecule has 2 heterocycles. The molecule has 0 N–H and O–H groups in total. The maximum absolute atomic E-state index is 13.1. The van der Waals surface area contributed by atoms with E-state index in [1.54, 1.807) is 16.2 Å².